The summed E-state index contributed by atoms with van der Waals surface area (Å²) in [5, 5.41) is 43.7. The van der Waals surface area contributed by atoms with Crippen LogP contribution in [-0.2, 0) is 20.7 Å². The predicted molar refractivity (Wildman–Crippen MR) is 124 cm³/mol. The van der Waals surface area contributed by atoms with Gasteiger partial charge in [-0.3, -0.25) is 14.4 Å². The number of nitrogens with two attached hydrogens (primary N) is 1. The molecule has 0 radical (unpaired) electrons. The molecule has 0 unspecified atom stereocenters. The number of phenolic OH excluding ortho intramolecular Hbond substituents is 2. The average molecular weight is 515 g/mol. The zero-order valence-corrected chi connectivity index (χ0v) is 19.8. The number of benzene rings is 2. The summed E-state index contributed by atoms with van der Waals surface area (Å²) in [4.78, 5) is 39.0. The van der Waals surface area contributed by atoms with Crippen LogP contribution >= 0.6 is 0 Å². The molecule has 0 spiro atoms. The number of carbonyl (C=O) groups excluding carboxylic acids is 3. The summed E-state index contributed by atoms with van der Waals surface area (Å²) in [7, 11) is 0. The number of aliphatic hydroxyl groups is 2. The van der Waals surface area contributed by atoms with Crippen LogP contribution in [0.15, 0.2) is 24.3 Å². The molecule has 0 aromatic heterocycles. The van der Waals surface area contributed by atoms with E-state index in [0.717, 1.165) is 0 Å². The highest BCUT2D eigenvalue weighted by atomic mass is 19.1. The van der Waals surface area contributed by atoms with E-state index in [2.05, 4.69) is 0 Å². The molecule has 0 saturated carbocycles. The van der Waals surface area contributed by atoms with Crippen molar-refractivity contribution in [2.24, 2.45) is 5.73 Å². The third kappa shape index (κ3) is 3.85. The fourth-order valence-corrected chi connectivity index (χ4v) is 5.49. The SMILES string of the molecule is C[C@@H]1O[C@@H](O[C@H]2C[C@](O)(C(=O)CF)Cc3c(O)c4c(c(O)c32)C(=O)c2ccccc2C4=O)C[C@H](N)[C@@H]1O. The molecule has 2 aromatic rings. The number of rotatable bonds is 4. The summed E-state index contributed by atoms with van der Waals surface area (Å²) in [6.07, 6.45) is -5.28. The van der Waals surface area contributed by atoms with Gasteiger partial charge in [0.25, 0.3) is 0 Å². The first-order valence-corrected chi connectivity index (χ1v) is 11.8. The number of hydrogen-bond acceptors (Lipinski definition) is 10. The van der Waals surface area contributed by atoms with Crippen molar-refractivity contribution >= 4 is 17.3 Å². The van der Waals surface area contributed by atoms with Gasteiger partial charge in [-0.25, -0.2) is 4.39 Å². The lowest BCUT2D eigenvalue weighted by molar-refractivity contribution is -0.247. The van der Waals surface area contributed by atoms with Crippen molar-refractivity contribution in [2.45, 2.75) is 62.4 Å². The van der Waals surface area contributed by atoms with Crippen molar-refractivity contribution < 1.29 is 48.7 Å². The second-order valence-corrected chi connectivity index (χ2v) is 9.80. The van der Waals surface area contributed by atoms with Gasteiger partial charge >= 0.3 is 0 Å². The summed E-state index contributed by atoms with van der Waals surface area (Å²) >= 11 is 0. The first-order chi connectivity index (χ1) is 17.5. The lowest BCUT2D eigenvalue weighted by Crippen LogP contribution is -2.52. The first-order valence-electron chi connectivity index (χ1n) is 11.8. The number of ether oxygens (including phenoxy) is 2. The number of aromatic hydroxyl groups is 2. The van der Waals surface area contributed by atoms with Crippen LogP contribution < -0.4 is 5.73 Å². The molecular formula is C26H26FNO9. The molecule has 2 aliphatic carbocycles. The number of alkyl halides is 1. The third-order valence-corrected chi connectivity index (χ3v) is 7.48. The number of Topliss-reactive ketones (excluding diaryl/α,β-unsaturated/α-hetero) is 1. The van der Waals surface area contributed by atoms with Crippen molar-refractivity contribution in [1.82, 2.24) is 0 Å². The van der Waals surface area contributed by atoms with E-state index in [1.807, 2.05) is 0 Å². The molecule has 6 N–H and O–H groups in total. The fourth-order valence-electron chi connectivity index (χ4n) is 5.49. The minimum Gasteiger partial charge on any atom is -0.507 e. The van der Waals surface area contributed by atoms with Gasteiger partial charge in [0, 0.05) is 47.6 Å². The average Bonchev–Trinajstić information content (AvgIpc) is 2.87. The molecule has 196 valence electrons. The normalized spacial score (nSPS) is 30.9. The Bertz CT molecular complexity index is 1320. The smallest absolute Gasteiger partial charge is 0.198 e. The van der Waals surface area contributed by atoms with E-state index in [-0.39, 0.29) is 28.7 Å². The van der Waals surface area contributed by atoms with Gasteiger partial charge < -0.3 is 35.6 Å². The Hall–Kier alpha value is -3.22. The molecule has 1 saturated heterocycles. The van der Waals surface area contributed by atoms with Gasteiger partial charge in [-0.05, 0) is 6.92 Å². The Morgan fingerprint density at radius 1 is 1.16 bits per heavy atom. The number of hydrogen-bond donors (Lipinski definition) is 5. The van der Waals surface area contributed by atoms with Gasteiger partial charge in [0.15, 0.2) is 30.3 Å². The van der Waals surface area contributed by atoms with E-state index in [0.29, 0.717) is 0 Å². The highest BCUT2D eigenvalue weighted by Crippen LogP contribution is 2.52. The first kappa shape index (κ1) is 25.4. The summed E-state index contributed by atoms with van der Waals surface area (Å²) in [5.41, 5.74) is 2.45. The molecule has 11 heteroatoms. The minimum absolute atomic E-state index is 0.00923. The second-order valence-electron chi connectivity index (χ2n) is 9.80. The van der Waals surface area contributed by atoms with Crippen LogP contribution in [0.5, 0.6) is 11.5 Å². The van der Waals surface area contributed by atoms with Crippen LogP contribution in [0.25, 0.3) is 0 Å². The molecule has 10 nitrogen and oxygen atoms in total. The summed E-state index contributed by atoms with van der Waals surface area (Å²) in [6, 6.07) is 5.19. The highest BCUT2D eigenvalue weighted by molar-refractivity contribution is 6.30. The maximum absolute atomic E-state index is 13.4. The lowest BCUT2D eigenvalue weighted by Gasteiger charge is -2.42. The van der Waals surface area contributed by atoms with Gasteiger partial charge in [0.1, 0.15) is 17.1 Å². The molecule has 6 atom stereocenters. The van der Waals surface area contributed by atoms with Crippen molar-refractivity contribution in [3.8, 4) is 11.5 Å². The van der Waals surface area contributed by atoms with Gasteiger partial charge in [-0.1, -0.05) is 24.3 Å². The van der Waals surface area contributed by atoms with Crippen molar-refractivity contribution in [3.63, 3.8) is 0 Å². The molecule has 0 amide bonds. The van der Waals surface area contributed by atoms with Crippen LogP contribution in [0.2, 0.25) is 0 Å². The zero-order valence-electron chi connectivity index (χ0n) is 19.8. The Morgan fingerprint density at radius 3 is 2.32 bits per heavy atom. The highest BCUT2D eigenvalue weighted by Gasteiger charge is 2.50. The van der Waals surface area contributed by atoms with E-state index in [9.17, 15) is 39.2 Å². The lowest BCUT2D eigenvalue weighted by atomic mass is 9.72. The second kappa shape index (κ2) is 8.96. The molecular weight excluding hydrogens is 489 g/mol. The number of fused-ring (bicyclic) bond motifs is 3. The number of aliphatic hydroxyl groups excluding tert-OH is 1. The van der Waals surface area contributed by atoms with E-state index in [1.165, 1.54) is 12.1 Å². The third-order valence-electron chi connectivity index (χ3n) is 7.48. The van der Waals surface area contributed by atoms with Crippen LogP contribution in [0.3, 0.4) is 0 Å². The van der Waals surface area contributed by atoms with Crippen LogP contribution in [0, 0.1) is 0 Å². The molecule has 37 heavy (non-hydrogen) atoms. The Morgan fingerprint density at radius 2 is 1.76 bits per heavy atom. The van der Waals surface area contributed by atoms with E-state index >= 15 is 0 Å². The molecule has 1 aliphatic heterocycles. The van der Waals surface area contributed by atoms with Crippen molar-refractivity contribution in [1.29, 1.82) is 0 Å². The predicted octanol–water partition coefficient (Wildman–Crippen LogP) is 0.970. The molecule has 0 bridgehead atoms. The maximum Gasteiger partial charge on any atom is 0.198 e. The topological polar surface area (TPSA) is 177 Å². The zero-order chi connectivity index (χ0) is 26.8. The van der Waals surface area contributed by atoms with Gasteiger partial charge in [-0.2, -0.15) is 0 Å². The molecule has 1 fully saturated rings. The van der Waals surface area contributed by atoms with E-state index < -0.39 is 95.7 Å². The Labute approximate surface area is 210 Å². The van der Waals surface area contributed by atoms with Crippen LogP contribution in [0.4, 0.5) is 4.39 Å². The molecule has 3 aliphatic rings. The summed E-state index contributed by atoms with van der Waals surface area (Å²) in [5.74, 6) is -3.97. The van der Waals surface area contributed by atoms with Gasteiger partial charge in [-0.15, -0.1) is 0 Å². The summed E-state index contributed by atoms with van der Waals surface area (Å²) in [6.45, 7) is 0.0638. The number of ketones is 3. The van der Waals surface area contributed by atoms with Gasteiger partial charge in [0.2, 0.25) is 0 Å². The monoisotopic (exact) mass is 515 g/mol. The quantitative estimate of drug-likeness (QED) is 0.315. The number of carbonyl (C=O) groups is 3. The standard InChI is InChI=1S/C26H26FNO9/c1-10-21(30)14(28)6-17(36-10)37-15-8-26(35,16(29)9-27)7-13-18(15)25(34)20-19(24(13)33)22(31)11-4-2-3-5-12(11)23(20)32/h2-5,10,14-15,17,21,30,33-35H,6-9,28H2,1H3/t10-,14-,15-,17-,21+,26-/m0/s1. The Kier molecular flexibility index (Phi) is 6.16. The minimum atomic E-state index is -2.34. The van der Waals surface area contributed by atoms with Crippen molar-refractivity contribution in [3.05, 3.63) is 57.6 Å². The van der Waals surface area contributed by atoms with E-state index in [4.69, 9.17) is 15.2 Å². The van der Waals surface area contributed by atoms with E-state index in [1.54, 1.807) is 19.1 Å². The molecule has 1 heterocycles. The van der Waals surface area contributed by atoms with Crippen molar-refractivity contribution in [2.75, 3.05) is 6.67 Å². The number of halogens is 1. The fraction of sp³-hybridized carbons (Fsp3) is 0.423. The van der Waals surface area contributed by atoms with Gasteiger partial charge in [0.05, 0.1) is 29.4 Å². The maximum atomic E-state index is 13.4. The van der Waals surface area contributed by atoms with Crippen LogP contribution in [-0.4, -0.2) is 74.6 Å². The molecule has 2 aromatic carbocycles. The number of phenols is 2. The largest absolute Gasteiger partial charge is 0.507 e. The summed E-state index contributed by atoms with van der Waals surface area (Å²) < 4.78 is 25.1. The molecule has 5 rings (SSSR count). The van der Waals surface area contributed by atoms with Crippen LogP contribution in [0.1, 0.15) is 68.8 Å². The Balaban J connectivity index is 1.67.